The number of aliphatic hydroxyl groups excluding tert-OH is 1. The molecule has 1 aromatic heterocycles. The van der Waals surface area contributed by atoms with E-state index in [0.29, 0.717) is 18.8 Å². The van der Waals surface area contributed by atoms with Crippen LogP contribution in [0.2, 0.25) is 0 Å². The molecule has 1 unspecified atom stereocenters. The van der Waals surface area contributed by atoms with E-state index in [1.54, 1.807) is 23.9 Å². The van der Waals surface area contributed by atoms with Gasteiger partial charge in [0.05, 0.1) is 6.61 Å². The number of sulfonamides is 1. The molecule has 1 saturated heterocycles. The van der Waals surface area contributed by atoms with Gasteiger partial charge in [-0.1, -0.05) is 0 Å². The first-order valence-corrected chi connectivity index (χ1v) is 7.76. The van der Waals surface area contributed by atoms with E-state index in [1.807, 2.05) is 14.0 Å². The minimum absolute atomic E-state index is 0.162. The van der Waals surface area contributed by atoms with Gasteiger partial charge < -0.3 is 14.6 Å². The maximum absolute atomic E-state index is 12.5. The normalized spacial score (nSPS) is 22.8. The highest BCUT2D eigenvalue weighted by atomic mass is 32.2. The van der Waals surface area contributed by atoms with Crippen molar-refractivity contribution in [1.82, 2.24) is 13.8 Å². The lowest BCUT2D eigenvalue weighted by Crippen LogP contribution is -2.51. The lowest BCUT2D eigenvalue weighted by molar-refractivity contribution is 0.159. The van der Waals surface area contributed by atoms with E-state index in [4.69, 9.17) is 5.11 Å². The Morgan fingerprint density at radius 2 is 2.05 bits per heavy atom. The summed E-state index contributed by atoms with van der Waals surface area (Å²) in [6.07, 6.45) is 1.56. The molecule has 2 rings (SSSR count). The molecule has 1 N–H and O–H groups in total. The van der Waals surface area contributed by atoms with Crippen LogP contribution >= 0.6 is 0 Å². The van der Waals surface area contributed by atoms with Gasteiger partial charge in [-0.15, -0.1) is 0 Å². The molecular formula is C12H21N3O3S. The molecular weight excluding hydrogens is 266 g/mol. The van der Waals surface area contributed by atoms with Crippen molar-refractivity contribution in [1.29, 1.82) is 0 Å². The van der Waals surface area contributed by atoms with Crippen molar-refractivity contribution in [3.63, 3.8) is 0 Å². The molecule has 108 valence electrons. The van der Waals surface area contributed by atoms with Crippen LogP contribution in [0.1, 0.15) is 12.6 Å². The van der Waals surface area contributed by atoms with Crippen LogP contribution in [0.15, 0.2) is 17.2 Å². The summed E-state index contributed by atoms with van der Waals surface area (Å²) in [5.74, 6) is 0. The Hall–Kier alpha value is -0.890. The number of likely N-dealkylation sites (N-methyl/N-ethyl adjacent to an activating group) is 1. The Bertz CT molecular complexity index is 553. The number of aryl methyl sites for hydroxylation is 1. The molecule has 0 spiro atoms. The van der Waals surface area contributed by atoms with E-state index >= 15 is 0 Å². The van der Waals surface area contributed by atoms with Crippen molar-refractivity contribution in [2.75, 3.05) is 26.7 Å². The standard InChI is InChI=1S/C12H21N3O3S/c1-10-7-15(5-4-13(10)2)19(17,18)12-6-11(9-16)14(3)8-12/h6,8,10,16H,4-5,7,9H2,1-3H3. The Morgan fingerprint density at radius 3 is 2.58 bits per heavy atom. The molecule has 1 fully saturated rings. The fraction of sp³-hybridized carbons (Fsp3) is 0.667. The molecule has 1 aliphatic heterocycles. The molecule has 0 aromatic carbocycles. The molecule has 1 atom stereocenters. The number of hydrogen-bond donors (Lipinski definition) is 1. The summed E-state index contributed by atoms with van der Waals surface area (Å²) in [7, 11) is 0.279. The average Bonchev–Trinajstić information content (AvgIpc) is 2.74. The van der Waals surface area contributed by atoms with Gasteiger partial charge in [0.15, 0.2) is 0 Å². The van der Waals surface area contributed by atoms with Gasteiger partial charge in [0.1, 0.15) is 4.90 Å². The van der Waals surface area contributed by atoms with Crippen LogP contribution in [0, 0.1) is 0 Å². The first kappa shape index (κ1) is 14.5. The predicted molar refractivity (Wildman–Crippen MR) is 72.2 cm³/mol. The quantitative estimate of drug-likeness (QED) is 0.839. The molecule has 19 heavy (non-hydrogen) atoms. The maximum Gasteiger partial charge on any atom is 0.244 e. The fourth-order valence-corrected chi connectivity index (χ4v) is 3.87. The minimum Gasteiger partial charge on any atom is -0.390 e. The van der Waals surface area contributed by atoms with Crippen LogP contribution in [0.5, 0.6) is 0 Å². The zero-order chi connectivity index (χ0) is 14.2. The Balaban J connectivity index is 2.27. The van der Waals surface area contributed by atoms with Crippen molar-refractivity contribution >= 4 is 10.0 Å². The van der Waals surface area contributed by atoms with Gasteiger partial charge in [0.2, 0.25) is 10.0 Å². The Morgan fingerprint density at radius 1 is 1.37 bits per heavy atom. The van der Waals surface area contributed by atoms with Gasteiger partial charge in [-0.05, 0) is 20.0 Å². The second-order valence-electron chi connectivity index (χ2n) is 5.13. The zero-order valence-corrected chi connectivity index (χ0v) is 12.4. The molecule has 0 bridgehead atoms. The number of nitrogens with zero attached hydrogens (tertiary/aromatic N) is 3. The monoisotopic (exact) mass is 287 g/mol. The number of hydrogen-bond acceptors (Lipinski definition) is 4. The van der Waals surface area contributed by atoms with Gasteiger partial charge in [-0.25, -0.2) is 8.42 Å². The zero-order valence-electron chi connectivity index (χ0n) is 11.6. The van der Waals surface area contributed by atoms with Crippen LogP contribution in [0.3, 0.4) is 0 Å². The summed E-state index contributed by atoms with van der Waals surface area (Å²) in [5.41, 5.74) is 0.598. The second-order valence-corrected chi connectivity index (χ2v) is 7.07. The fourth-order valence-electron chi connectivity index (χ4n) is 2.26. The van der Waals surface area contributed by atoms with E-state index in [-0.39, 0.29) is 17.5 Å². The number of aromatic nitrogens is 1. The lowest BCUT2D eigenvalue weighted by atomic mass is 10.2. The second kappa shape index (κ2) is 5.24. The molecule has 0 amide bonds. The predicted octanol–water partition coefficient (Wildman–Crippen LogP) is -0.158. The number of piperazine rings is 1. The summed E-state index contributed by atoms with van der Waals surface area (Å²) in [4.78, 5) is 2.41. The largest absolute Gasteiger partial charge is 0.390 e. The molecule has 0 aliphatic carbocycles. The van der Waals surface area contributed by atoms with Crippen molar-refractivity contribution in [2.24, 2.45) is 7.05 Å². The first-order valence-electron chi connectivity index (χ1n) is 6.32. The average molecular weight is 287 g/mol. The molecule has 1 aliphatic rings. The molecule has 1 aromatic rings. The molecule has 0 saturated carbocycles. The third kappa shape index (κ3) is 2.69. The van der Waals surface area contributed by atoms with E-state index in [0.717, 1.165) is 6.54 Å². The molecule has 7 heteroatoms. The highest BCUT2D eigenvalue weighted by Crippen LogP contribution is 2.21. The molecule has 2 heterocycles. The van der Waals surface area contributed by atoms with Crippen molar-refractivity contribution in [3.8, 4) is 0 Å². The molecule has 0 radical (unpaired) electrons. The van der Waals surface area contributed by atoms with Gasteiger partial charge in [-0.2, -0.15) is 4.31 Å². The summed E-state index contributed by atoms with van der Waals surface area (Å²) < 4.78 is 28.2. The van der Waals surface area contributed by atoms with Crippen LogP contribution in [0.25, 0.3) is 0 Å². The summed E-state index contributed by atoms with van der Waals surface area (Å²) in [6.45, 7) is 3.60. The Kier molecular flexibility index (Phi) is 4.00. The lowest BCUT2D eigenvalue weighted by Gasteiger charge is -2.36. The van der Waals surface area contributed by atoms with Crippen LogP contribution in [-0.4, -0.2) is 60.0 Å². The minimum atomic E-state index is -3.46. The SMILES string of the molecule is CC1CN(S(=O)(=O)c2cc(CO)n(C)c2)CCN1C. The highest BCUT2D eigenvalue weighted by molar-refractivity contribution is 7.89. The van der Waals surface area contributed by atoms with E-state index in [2.05, 4.69) is 4.90 Å². The third-order valence-corrected chi connectivity index (χ3v) is 5.64. The van der Waals surface area contributed by atoms with Gasteiger partial charge >= 0.3 is 0 Å². The van der Waals surface area contributed by atoms with E-state index in [9.17, 15) is 8.42 Å². The first-order chi connectivity index (χ1) is 8.86. The van der Waals surface area contributed by atoms with Crippen LogP contribution in [0.4, 0.5) is 0 Å². The van der Waals surface area contributed by atoms with E-state index < -0.39 is 10.0 Å². The number of aliphatic hydroxyl groups is 1. The smallest absolute Gasteiger partial charge is 0.244 e. The summed E-state index contributed by atoms with van der Waals surface area (Å²) >= 11 is 0. The Labute approximate surface area is 114 Å². The van der Waals surface area contributed by atoms with Gasteiger partial charge in [0, 0.05) is 44.6 Å². The third-order valence-electron chi connectivity index (χ3n) is 3.80. The van der Waals surface area contributed by atoms with Gasteiger partial charge in [0.25, 0.3) is 0 Å². The highest BCUT2D eigenvalue weighted by Gasteiger charge is 2.31. The van der Waals surface area contributed by atoms with E-state index in [1.165, 1.54) is 4.31 Å². The summed E-state index contributed by atoms with van der Waals surface area (Å²) in [6, 6.07) is 1.75. The van der Waals surface area contributed by atoms with Crippen molar-refractivity contribution < 1.29 is 13.5 Å². The van der Waals surface area contributed by atoms with Gasteiger partial charge in [-0.3, -0.25) is 0 Å². The van der Waals surface area contributed by atoms with Crippen molar-refractivity contribution in [2.45, 2.75) is 24.5 Å². The number of rotatable bonds is 3. The summed E-state index contributed by atoms with van der Waals surface area (Å²) in [5, 5.41) is 9.15. The van der Waals surface area contributed by atoms with Crippen molar-refractivity contribution in [3.05, 3.63) is 18.0 Å². The van der Waals surface area contributed by atoms with Crippen LogP contribution < -0.4 is 0 Å². The topological polar surface area (TPSA) is 65.8 Å². The molecule has 6 nitrogen and oxygen atoms in total. The van der Waals surface area contributed by atoms with Crippen LogP contribution in [-0.2, 0) is 23.7 Å². The maximum atomic E-state index is 12.5.